The molecule has 1 atom stereocenters. The lowest BCUT2D eigenvalue weighted by Crippen LogP contribution is -2.26. The fraction of sp³-hybridized carbons (Fsp3) is 0.375. The molecule has 0 aliphatic heterocycles. The highest BCUT2D eigenvalue weighted by atomic mass is 35.5. The molecule has 1 aromatic heterocycles. The van der Waals surface area contributed by atoms with Crippen LogP contribution in [0.1, 0.15) is 37.6 Å². The summed E-state index contributed by atoms with van der Waals surface area (Å²) in [7, 11) is 0. The zero-order valence-corrected chi connectivity index (χ0v) is 13.3. The maximum atomic E-state index is 9.18. The van der Waals surface area contributed by atoms with Crippen molar-refractivity contribution in [1.29, 1.82) is 5.26 Å². The summed E-state index contributed by atoms with van der Waals surface area (Å²) in [5, 5.41) is 17.0. The Kier molecular flexibility index (Phi) is 5.82. The monoisotopic (exact) mass is 319 g/mol. The lowest BCUT2D eigenvalue weighted by atomic mass is 10.1. The van der Waals surface area contributed by atoms with Gasteiger partial charge in [0.25, 0.3) is 0 Å². The number of hydrogen-bond acceptors (Lipinski definition) is 5. The van der Waals surface area contributed by atoms with Crippen LogP contribution < -0.4 is 10.1 Å². The summed E-state index contributed by atoms with van der Waals surface area (Å²) in [5.41, 5.74) is 1.13. The number of nitrogens with zero attached hydrogens (tertiary/aromatic N) is 2. The largest absolute Gasteiger partial charge is 0.482 e. The van der Waals surface area contributed by atoms with Gasteiger partial charge in [-0.1, -0.05) is 30.6 Å². The van der Waals surface area contributed by atoms with E-state index in [0.717, 1.165) is 6.54 Å². The van der Waals surface area contributed by atoms with Crippen LogP contribution in [0.5, 0.6) is 5.75 Å². The molecule has 6 heteroatoms. The van der Waals surface area contributed by atoms with E-state index in [2.05, 4.69) is 30.4 Å². The van der Waals surface area contributed by atoms with Crippen LogP contribution in [0.15, 0.2) is 35.1 Å². The zero-order valence-electron chi connectivity index (χ0n) is 12.5. The molecule has 0 aliphatic carbocycles. The molecule has 116 valence electrons. The van der Waals surface area contributed by atoms with Crippen LogP contribution in [0.4, 0.5) is 0 Å². The maximum Gasteiger partial charge on any atom is 0.145 e. The predicted octanol–water partition coefficient (Wildman–Crippen LogP) is 3.71. The lowest BCUT2D eigenvalue weighted by molar-refractivity contribution is 0.182. The van der Waals surface area contributed by atoms with Crippen molar-refractivity contribution in [3.8, 4) is 11.8 Å². The van der Waals surface area contributed by atoms with Crippen LogP contribution in [-0.4, -0.2) is 17.7 Å². The molecule has 0 fully saturated rings. The van der Waals surface area contributed by atoms with E-state index in [-0.39, 0.29) is 6.10 Å². The SMILES string of the molecule is CC(C)NCC[C@@H](Oc1cc(Cl)ccc1C#N)c1ccon1. The van der Waals surface area contributed by atoms with E-state index < -0.39 is 0 Å². The Labute approximate surface area is 134 Å². The van der Waals surface area contributed by atoms with E-state index >= 15 is 0 Å². The van der Waals surface area contributed by atoms with E-state index in [4.69, 9.17) is 20.9 Å². The van der Waals surface area contributed by atoms with Crippen molar-refractivity contribution in [2.45, 2.75) is 32.4 Å². The second-order valence-corrected chi connectivity index (χ2v) is 5.62. The Morgan fingerprint density at radius 1 is 1.41 bits per heavy atom. The van der Waals surface area contributed by atoms with Crippen LogP contribution in [0.25, 0.3) is 0 Å². The molecule has 1 aromatic carbocycles. The first-order valence-electron chi connectivity index (χ1n) is 7.10. The van der Waals surface area contributed by atoms with Crippen LogP contribution >= 0.6 is 11.6 Å². The number of ether oxygens (including phenoxy) is 1. The molecule has 22 heavy (non-hydrogen) atoms. The average Bonchev–Trinajstić information content (AvgIpc) is 3.00. The van der Waals surface area contributed by atoms with Gasteiger partial charge < -0.3 is 14.6 Å². The summed E-state index contributed by atoms with van der Waals surface area (Å²) in [4.78, 5) is 0. The van der Waals surface area contributed by atoms with E-state index in [0.29, 0.717) is 34.5 Å². The van der Waals surface area contributed by atoms with Crippen molar-refractivity contribution >= 4 is 11.6 Å². The number of benzene rings is 1. The summed E-state index contributed by atoms with van der Waals surface area (Å²) in [6.07, 6.45) is 1.89. The summed E-state index contributed by atoms with van der Waals surface area (Å²) in [6, 6.07) is 9.20. The van der Waals surface area contributed by atoms with Gasteiger partial charge >= 0.3 is 0 Å². The van der Waals surface area contributed by atoms with Gasteiger partial charge in [0.15, 0.2) is 0 Å². The molecular weight excluding hydrogens is 302 g/mol. The molecule has 0 amide bonds. The Bertz CT molecular complexity index is 635. The van der Waals surface area contributed by atoms with Crippen molar-refractivity contribution in [2.75, 3.05) is 6.54 Å². The summed E-state index contributed by atoms with van der Waals surface area (Å²) in [6.45, 7) is 4.92. The molecule has 2 aromatic rings. The molecule has 0 spiro atoms. The topological polar surface area (TPSA) is 71.1 Å². The molecule has 2 rings (SSSR count). The zero-order chi connectivity index (χ0) is 15.9. The van der Waals surface area contributed by atoms with Crippen LogP contribution in [-0.2, 0) is 0 Å². The first kappa shape index (κ1) is 16.3. The van der Waals surface area contributed by atoms with Gasteiger partial charge in [-0.15, -0.1) is 0 Å². The van der Waals surface area contributed by atoms with E-state index in [9.17, 15) is 5.26 Å². The third kappa shape index (κ3) is 4.48. The average molecular weight is 320 g/mol. The molecule has 0 radical (unpaired) electrons. The second kappa shape index (κ2) is 7.83. The highest BCUT2D eigenvalue weighted by molar-refractivity contribution is 6.30. The summed E-state index contributed by atoms with van der Waals surface area (Å²) >= 11 is 5.99. The summed E-state index contributed by atoms with van der Waals surface area (Å²) in [5.74, 6) is 0.451. The van der Waals surface area contributed by atoms with Gasteiger partial charge in [0.2, 0.25) is 0 Å². The number of aromatic nitrogens is 1. The molecule has 5 nitrogen and oxygen atoms in total. The fourth-order valence-electron chi connectivity index (χ4n) is 2.00. The van der Waals surface area contributed by atoms with Crippen LogP contribution in [0, 0.1) is 11.3 Å². The molecule has 1 heterocycles. The highest BCUT2D eigenvalue weighted by Crippen LogP contribution is 2.29. The molecular formula is C16H18ClN3O2. The van der Waals surface area contributed by atoms with Gasteiger partial charge in [-0.2, -0.15) is 5.26 Å². The van der Waals surface area contributed by atoms with Crippen molar-refractivity contribution in [3.63, 3.8) is 0 Å². The fourth-order valence-corrected chi connectivity index (χ4v) is 2.16. The number of halogens is 1. The lowest BCUT2D eigenvalue weighted by Gasteiger charge is -2.19. The van der Waals surface area contributed by atoms with E-state index in [1.807, 2.05) is 0 Å². The molecule has 0 aliphatic rings. The van der Waals surface area contributed by atoms with Gasteiger partial charge in [-0.05, 0) is 18.7 Å². The molecule has 0 saturated carbocycles. The third-order valence-electron chi connectivity index (χ3n) is 3.08. The Hall–Kier alpha value is -2.03. The molecule has 0 bridgehead atoms. The standard InChI is InChI=1S/C16H18ClN3O2/c1-11(2)19-7-5-15(14-6-8-21-20-14)22-16-9-13(17)4-3-12(16)10-18/h3-4,6,8-9,11,15,19H,5,7H2,1-2H3/t15-/m1/s1. The van der Waals surface area contributed by atoms with E-state index in [1.165, 1.54) is 6.26 Å². The van der Waals surface area contributed by atoms with Gasteiger partial charge in [-0.25, -0.2) is 0 Å². The van der Waals surface area contributed by atoms with Crippen LogP contribution in [0.3, 0.4) is 0 Å². The van der Waals surface area contributed by atoms with Gasteiger partial charge in [0.05, 0.1) is 5.56 Å². The first-order chi connectivity index (χ1) is 10.6. The number of hydrogen-bond donors (Lipinski definition) is 1. The van der Waals surface area contributed by atoms with E-state index in [1.54, 1.807) is 24.3 Å². The second-order valence-electron chi connectivity index (χ2n) is 5.18. The Balaban J connectivity index is 2.16. The number of nitrogens with one attached hydrogen (secondary N) is 1. The molecule has 1 N–H and O–H groups in total. The van der Waals surface area contributed by atoms with Crippen molar-refractivity contribution in [1.82, 2.24) is 10.5 Å². The number of nitriles is 1. The Morgan fingerprint density at radius 2 is 2.23 bits per heavy atom. The minimum atomic E-state index is -0.310. The van der Waals surface area contributed by atoms with Crippen molar-refractivity contribution in [2.24, 2.45) is 0 Å². The first-order valence-corrected chi connectivity index (χ1v) is 7.48. The van der Waals surface area contributed by atoms with Crippen molar-refractivity contribution < 1.29 is 9.26 Å². The Morgan fingerprint density at radius 3 is 2.86 bits per heavy atom. The minimum Gasteiger partial charge on any atom is -0.482 e. The van der Waals surface area contributed by atoms with Gasteiger partial charge in [0, 0.05) is 29.6 Å². The van der Waals surface area contributed by atoms with Crippen LogP contribution in [0.2, 0.25) is 5.02 Å². The minimum absolute atomic E-state index is 0.310. The van der Waals surface area contributed by atoms with Gasteiger partial charge in [0.1, 0.15) is 29.9 Å². The highest BCUT2D eigenvalue weighted by Gasteiger charge is 2.18. The van der Waals surface area contributed by atoms with Gasteiger partial charge in [-0.3, -0.25) is 0 Å². The maximum absolute atomic E-state index is 9.18. The molecule has 0 unspecified atom stereocenters. The molecule has 0 saturated heterocycles. The predicted molar refractivity (Wildman–Crippen MR) is 83.8 cm³/mol. The third-order valence-corrected chi connectivity index (χ3v) is 3.32. The number of rotatable bonds is 7. The smallest absolute Gasteiger partial charge is 0.145 e. The van der Waals surface area contributed by atoms with Crippen molar-refractivity contribution in [3.05, 3.63) is 46.8 Å². The quantitative estimate of drug-likeness (QED) is 0.842. The normalized spacial score (nSPS) is 12.1. The summed E-state index contributed by atoms with van der Waals surface area (Å²) < 4.78 is 10.9.